The topological polar surface area (TPSA) is 55.1 Å². The van der Waals surface area contributed by atoms with Gasteiger partial charge in [-0.1, -0.05) is 44.2 Å². The average molecular weight is 260 g/mol. The predicted molar refractivity (Wildman–Crippen MR) is 80.5 cm³/mol. The molecule has 1 aromatic rings. The van der Waals surface area contributed by atoms with Crippen LogP contribution in [0.4, 0.5) is 0 Å². The second-order valence-electron chi connectivity index (χ2n) is 5.60. The van der Waals surface area contributed by atoms with Gasteiger partial charge in [0.1, 0.15) is 0 Å². The number of nitrogens with one attached hydrogen (secondary N) is 1. The highest BCUT2D eigenvalue weighted by Gasteiger charge is 2.24. The van der Waals surface area contributed by atoms with Gasteiger partial charge in [0.2, 0.25) is 5.91 Å². The first kappa shape index (κ1) is 15.4. The highest BCUT2D eigenvalue weighted by molar-refractivity contribution is 5.92. The molecule has 104 valence electrons. The predicted octanol–water partition coefficient (Wildman–Crippen LogP) is 2.58. The summed E-state index contributed by atoms with van der Waals surface area (Å²) in [6.07, 6.45) is 4.24. The molecule has 1 rings (SSSR count). The molecule has 0 aliphatic heterocycles. The molecule has 1 atom stereocenters. The van der Waals surface area contributed by atoms with Gasteiger partial charge in [0.15, 0.2) is 0 Å². The maximum absolute atomic E-state index is 11.9. The van der Waals surface area contributed by atoms with Crippen LogP contribution in [0.5, 0.6) is 0 Å². The van der Waals surface area contributed by atoms with Gasteiger partial charge in [0.25, 0.3) is 0 Å². The largest absolute Gasteiger partial charge is 0.346 e. The Morgan fingerprint density at radius 1 is 1.37 bits per heavy atom. The Labute approximate surface area is 115 Å². The zero-order chi connectivity index (χ0) is 14.3. The molecule has 0 heterocycles. The Morgan fingerprint density at radius 2 is 2.00 bits per heavy atom. The average Bonchev–Trinajstić information content (AvgIpc) is 2.36. The molecule has 0 saturated carbocycles. The van der Waals surface area contributed by atoms with E-state index in [1.54, 1.807) is 6.08 Å². The minimum Gasteiger partial charge on any atom is -0.346 e. The van der Waals surface area contributed by atoms with Crippen LogP contribution in [0, 0.1) is 5.92 Å². The normalized spacial score (nSPS) is 14.6. The van der Waals surface area contributed by atoms with Crippen molar-refractivity contribution in [3.8, 4) is 0 Å². The minimum absolute atomic E-state index is 0.0996. The van der Waals surface area contributed by atoms with Crippen LogP contribution >= 0.6 is 0 Å². The number of carbonyl (C=O) groups excluding carboxylic acids is 1. The standard InChI is InChI=1S/C16H24N2O/c1-13(2)11-16(3,12-17)18-15(19)10-9-14-7-5-4-6-8-14/h4-10,13H,11-12,17H2,1-3H3,(H,18,19)/b10-9+. The Bertz CT molecular complexity index is 426. The van der Waals surface area contributed by atoms with Gasteiger partial charge >= 0.3 is 0 Å². The molecule has 3 nitrogen and oxygen atoms in total. The Balaban J connectivity index is 2.61. The summed E-state index contributed by atoms with van der Waals surface area (Å²) in [6, 6.07) is 9.76. The fourth-order valence-electron chi connectivity index (χ4n) is 2.16. The van der Waals surface area contributed by atoms with Crippen LogP contribution in [0.25, 0.3) is 6.08 Å². The zero-order valence-electron chi connectivity index (χ0n) is 12.0. The molecule has 0 aromatic heterocycles. The monoisotopic (exact) mass is 260 g/mol. The van der Waals surface area contributed by atoms with Gasteiger partial charge in [-0.25, -0.2) is 0 Å². The lowest BCUT2D eigenvalue weighted by molar-refractivity contribution is -0.118. The number of nitrogens with two attached hydrogens (primary N) is 1. The van der Waals surface area contributed by atoms with Crippen LogP contribution in [0.3, 0.4) is 0 Å². The molecule has 1 unspecified atom stereocenters. The molecular weight excluding hydrogens is 236 g/mol. The molecular formula is C16H24N2O. The van der Waals surface area contributed by atoms with Crippen LogP contribution in [-0.2, 0) is 4.79 Å². The third-order valence-corrected chi connectivity index (χ3v) is 2.96. The fraction of sp³-hybridized carbons (Fsp3) is 0.438. The van der Waals surface area contributed by atoms with Gasteiger partial charge in [-0.05, 0) is 30.9 Å². The van der Waals surface area contributed by atoms with Crippen molar-refractivity contribution in [3.05, 3.63) is 42.0 Å². The van der Waals surface area contributed by atoms with Crippen LogP contribution in [-0.4, -0.2) is 18.0 Å². The minimum atomic E-state index is -0.341. The second-order valence-corrected chi connectivity index (χ2v) is 5.60. The van der Waals surface area contributed by atoms with Crippen molar-refractivity contribution in [2.24, 2.45) is 11.7 Å². The summed E-state index contributed by atoms with van der Waals surface area (Å²) in [5, 5.41) is 2.99. The Kier molecular flexibility index (Phi) is 5.77. The van der Waals surface area contributed by atoms with E-state index in [1.165, 1.54) is 0 Å². The van der Waals surface area contributed by atoms with Crippen LogP contribution in [0.2, 0.25) is 0 Å². The van der Waals surface area contributed by atoms with Gasteiger partial charge in [-0.15, -0.1) is 0 Å². The summed E-state index contributed by atoms with van der Waals surface area (Å²) in [5.41, 5.74) is 6.44. The number of hydrogen-bond donors (Lipinski definition) is 2. The molecule has 19 heavy (non-hydrogen) atoms. The fourth-order valence-corrected chi connectivity index (χ4v) is 2.16. The number of benzene rings is 1. The van der Waals surface area contributed by atoms with E-state index in [1.807, 2.05) is 43.3 Å². The van der Waals surface area contributed by atoms with Gasteiger partial charge in [-0.3, -0.25) is 4.79 Å². The van der Waals surface area contributed by atoms with Gasteiger partial charge in [0.05, 0.1) is 0 Å². The molecule has 0 aliphatic carbocycles. The van der Waals surface area contributed by atoms with E-state index in [0.29, 0.717) is 12.5 Å². The van der Waals surface area contributed by atoms with Crippen molar-refractivity contribution in [1.29, 1.82) is 0 Å². The molecule has 0 fully saturated rings. The quantitative estimate of drug-likeness (QED) is 0.772. The van der Waals surface area contributed by atoms with E-state index in [4.69, 9.17) is 5.73 Å². The van der Waals surface area contributed by atoms with Crippen LogP contribution < -0.4 is 11.1 Å². The number of carbonyl (C=O) groups is 1. The zero-order valence-corrected chi connectivity index (χ0v) is 12.0. The first-order valence-corrected chi connectivity index (χ1v) is 6.70. The van der Waals surface area contributed by atoms with Crippen molar-refractivity contribution in [2.45, 2.75) is 32.7 Å². The number of hydrogen-bond acceptors (Lipinski definition) is 2. The van der Waals surface area contributed by atoms with Crippen molar-refractivity contribution in [1.82, 2.24) is 5.32 Å². The third kappa shape index (κ3) is 5.71. The van der Waals surface area contributed by atoms with Crippen molar-refractivity contribution >= 4 is 12.0 Å². The molecule has 0 saturated heterocycles. The van der Waals surface area contributed by atoms with Crippen LogP contribution in [0.15, 0.2) is 36.4 Å². The SMILES string of the molecule is CC(C)CC(C)(CN)NC(=O)/C=C/c1ccccc1. The summed E-state index contributed by atoms with van der Waals surface area (Å²) in [6.45, 7) is 6.68. The molecule has 0 aliphatic rings. The van der Waals surface area contributed by atoms with E-state index >= 15 is 0 Å². The summed E-state index contributed by atoms with van der Waals surface area (Å²) in [4.78, 5) is 11.9. The van der Waals surface area contributed by atoms with Gasteiger partial charge < -0.3 is 11.1 Å². The number of amides is 1. The molecule has 3 heteroatoms. The summed E-state index contributed by atoms with van der Waals surface area (Å²) < 4.78 is 0. The molecule has 1 amide bonds. The lowest BCUT2D eigenvalue weighted by Crippen LogP contribution is -2.51. The smallest absolute Gasteiger partial charge is 0.244 e. The van der Waals surface area contributed by atoms with E-state index in [2.05, 4.69) is 19.2 Å². The lowest BCUT2D eigenvalue weighted by Gasteiger charge is -2.30. The number of rotatable bonds is 6. The lowest BCUT2D eigenvalue weighted by atomic mass is 9.90. The second kappa shape index (κ2) is 7.10. The third-order valence-electron chi connectivity index (χ3n) is 2.96. The first-order chi connectivity index (χ1) is 8.95. The summed E-state index contributed by atoms with van der Waals surface area (Å²) >= 11 is 0. The Morgan fingerprint density at radius 3 is 2.53 bits per heavy atom. The summed E-state index contributed by atoms with van der Waals surface area (Å²) in [7, 11) is 0. The molecule has 0 bridgehead atoms. The van der Waals surface area contributed by atoms with Crippen molar-refractivity contribution in [3.63, 3.8) is 0 Å². The van der Waals surface area contributed by atoms with E-state index in [9.17, 15) is 4.79 Å². The van der Waals surface area contributed by atoms with Gasteiger partial charge in [-0.2, -0.15) is 0 Å². The molecule has 0 radical (unpaired) electrons. The van der Waals surface area contributed by atoms with Gasteiger partial charge in [0, 0.05) is 18.2 Å². The highest BCUT2D eigenvalue weighted by Crippen LogP contribution is 2.15. The first-order valence-electron chi connectivity index (χ1n) is 6.70. The maximum atomic E-state index is 11.9. The van der Waals surface area contributed by atoms with E-state index in [-0.39, 0.29) is 11.4 Å². The Hall–Kier alpha value is -1.61. The molecule has 3 N–H and O–H groups in total. The maximum Gasteiger partial charge on any atom is 0.244 e. The highest BCUT2D eigenvalue weighted by atomic mass is 16.1. The molecule has 0 spiro atoms. The summed E-state index contributed by atoms with van der Waals surface area (Å²) in [5.74, 6) is 0.393. The van der Waals surface area contributed by atoms with E-state index < -0.39 is 0 Å². The van der Waals surface area contributed by atoms with Crippen molar-refractivity contribution in [2.75, 3.05) is 6.54 Å². The van der Waals surface area contributed by atoms with E-state index in [0.717, 1.165) is 12.0 Å². The van der Waals surface area contributed by atoms with Crippen LogP contribution in [0.1, 0.15) is 32.8 Å². The molecule has 1 aromatic carbocycles. The van der Waals surface area contributed by atoms with Crippen molar-refractivity contribution < 1.29 is 4.79 Å².